The molecule has 0 saturated carbocycles. The predicted octanol–water partition coefficient (Wildman–Crippen LogP) is 10.0. The Morgan fingerprint density at radius 2 is 0.864 bits per heavy atom. The SMILES string of the molecule is c1ccc(-c2cc(-c3ncccn3)cc(-n3c4ccccc4c4cc(-n5c6ccccc6c6ccccc65)ccc43)c2)cc1. The largest absolute Gasteiger partial charge is 0.309 e. The Hall–Kier alpha value is -6.00. The van der Waals surface area contributed by atoms with Crippen LogP contribution in [0.15, 0.2) is 158 Å². The van der Waals surface area contributed by atoms with E-state index >= 15 is 0 Å². The van der Waals surface area contributed by atoms with E-state index in [1.165, 1.54) is 32.6 Å². The summed E-state index contributed by atoms with van der Waals surface area (Å²) in [7, 11) is 0. The zero-order valence-electron chi connectivity index (χ0n) is 23.8. The summed E-state index contributed by atoms with van der Waals surface area (Å²) < 4.78 is 4.76. The van der Waals surface area contributed by atoms with Crippen molar-refractivity contribution in [3.63, 3.8) is 0 Å². The summed E-state index contributed by atoms with van der Waals surface area (Å²) in [6.07, 6.45) is 3.60. The number of aromatic nitrogens is 4. The van der Waals surface area contributed by atoms with Crippen molar-refractivity contribution in [1.82, 2.24) is 19.1 Å². The highest BCUT2D eigenvalue weighted by Crippen LogP contribution is 2.38. The van der Waals surface area contributed by atoms with Crippen LogP contribution in [-0.4, -0.2) is 19.1 Å². The van der Waals surface area contributed by atoms with Gasteiger partial charge in [-0.15, -0.1) is 0 Å². The van der Waals surface area contributed by atoms with Gasteiger partial charge in [0.25, 0.3) is 0 Å². The van der Waals surface area contributed by atoms with Gasteiger partial charge in [0.1, 0.15) is 0 Å². The Morgan fingerprint density at radius 1 is 0.341 bits per heavy atom. The molecule has 0 spiro atoms. The van der Waals surface area contributed by atoms with E-state index in [-0.39, 0.29) is 0 Å². The minimum atomic E-state index is 0.709. The monoisotopic (exact) mass is 562 g/mol. The van der Waals surface area contributed by atoms with Gasteiger partial charge in [-0.3, -0.25) is 0 Å². The molecule has 0 N–H and O–H groups in total. The zero-order valence-corrected chi connectivity index (χ0v) is 23.8. The lowest BCUT2D eigenvalue weighted by atomic mass is 10.0. The van der Waals surface area contributed by atoms with Crippen molar-refractivity contribution in [1.29, 1.82) is 0 Å². The second-order valence-electron chi connectivity index (χ2n) is 11.1. The van der Waals surface area contributed by atoms with Crippen LogP contribution in [0.4, 0.5) is 0 Å². The number of rotatable bonds is 4. The minimum Gasteiger partial charge on any atom is -0.309 e. The Labute approximate surface area is 254 Å². The molecule has 9 aromatic rings. The van der Waals surface area contributed by atoms with E-state index in [4.69, 9.17) is 0 Å². The Balaban J connectivity index is 1.32. The molecule has 0 aliphatic rings. The summed E-state index contributed by atoms with van der Waals surface area (Å²) in [5, 5.41) is 4.95. The maximum atomic E-state index is 4.60. The number of benzene rings is 6. The molecule has 3 heterocycles. The topological polar surface area (TPSA) is 35.6 Å². The normalized spacial score (nSPS) is 11.6. The van der Waals surface area contributed by atoms with Gasteiger partial charge >= 0.3 is 0 Å². The molecule has 4 heteroatoms. The van der Waals surface area contributed by atoms with Crippen molar-refractivity contribution >= 4 is 43.6 Å². The summed E-state index contributed by atoms with van der Waals surface area (Å²) in [4.78, 5) is 9.20. The zero-order chi connectivity index (χ0) is 29.0. The van der Waals surface area contributed by atoms with E-state index in [0.29, 0.717) is 5.82 Å². The highest BCUT2D eigenvalue weighted by atomic mass is 15.0. The van der Waals surface area contributed by atoms with Crippen LogP contribution >= 0.6 is 0 Å². The van der Waals surface area contributed by atoms with Gasteiger partial charge in [-0.25, -0.2) is 9.97 Å². The fourth-order valence-electron chi connectivity index (χ4n) is 6.69. The van der Waals surface area contributed by atoms with Gasteiger partial charge in [-0.05, 0) is 71.8 Å². The first-order valence-corrected chi connectivity index (χ1v) is 14.8. The standard InChI is InChI=1S/C40H26N4/c1-2-11-27(12-3-1)28-23-29(40-41-21-10-22-42-40)25-31(24-28)44-38-18-9-6-15-34(38)35-26-30(19-20-39(35)44)43-36-16-7-4-13-32(36)33-14-5-8-17-37(33)43/h1-26H. The summed E-state index contributed by atoms with van der Waals surface area (Å²) in [5.74, 6) is 0.709. The van der Waals surface area contributed by atoms with Crippen LogP contribution in [0, 0.1) is 0 Å². The Morgan fingerprint density at radius 3 is 1.52 bits per heavy atom. The van der Waals surface area contributed by atoms with Crippen LogP contribution < -0.4 is 0 Å². The van der Waals surface area contributed by atoms with Gasteiger partial charge < -0.3 is 9.13 Å². The lowest BCUT2D eigenvalue weighted by Crippen LogP contribution is -1.98. The van der Waals surface area contributed by atoms with Crippen molar-refractivity contribution in [3.05, 3.63) is 158 Å². The van der Waals surface area contributed by atoms with E-state index in [1.54, 1.807) is 12.4 Å². The Kier molecular flexibility index (Phi) is 5.47. The Bertz CT molecular complexity index is 2380. The maximum Gasteiger partial charge on any atom is 0.159 e. The molecule has 0 unspecified atom stereocenters. The third kappa shape index (κ3) is 3.78. The summed E-state index contributed by atoms with van der Waals surface area (Å²) in [5.41, 5.74) is 10.2. The molecule has 4 nitrogen and oxygen atoms in total. The second kappa shape index (κ2) is 9.79. The molecule has 206 valence electrons. The van der Waals surface area contributed by atoms with Crippen molar-refractivity contribution in [2.45, 2.75) is 0 Å². The van der Waals surface area contributed by atoms with Crippen LogP contribution in [0.25, 0.3) is 77.5 Å². The molecule has 6 aromatic carbocycles. The lowest BCUT2D eigenvalue weighted by Gasteiger charge is -2.14. The quantitative estimate of drug-likeness (QED) is 0.214. The number of para-hydroxylation sites is 3. The molecule has 3 aromatic heterocycles. The molecular weight excluding hydrogens is 536 g/mol. The van der Waals surface area contributed by atoms with Crippen LogP contribution in [0.3, 0.4) is 0 Å². The molecule has 44 heavy (non-hydrogen) atoms. The fraction of sp³-hybridized carbons (Fsp3) is 0. The van der Waals surface area contributed by atoms with Crippen molar-refractivity contribution in [2.75, 3.05) is 0 Å². The number of fused-ring (bicyclic) bond motifs is 6. The summed E-state index contributed by atoms with van der Waals surface area (Å²) >= 11 is 0. The molecule has 0 atom stereocenters. The van der Waals surface area contributed by atoms with E-state index in [9.17, 15) is 0 Å². The molecule has 0 bridgehead atoms. The third-order valence-corrected chi connectivity index (χ3v) is 8.60. The van der Waals surface area contributed by atoms with E-state index < -0.39 is 0 Å². The maximum absolute atomic E-state index is 4.60. The van der Waals surface area contributed by atoms with E-state index in [2.05, 4.69) is 159 Å². The molecule has 0 aliphatic heterocycles. The number of hydrogen-bond acceptors (Lipinski definition) is 2. The number of nitrogens with zero attached hydrogens (tertiary/aromatic N) is 4. The molecule has 0 aliphatic carbocycles. The molecule has 0 amide bonds. The minimum absolute atomic E-state index is 0.709. The van der Waals surface area contributed by atoms with Crippen LogP contribution in [0.5, 0.6) is 0 Å². The second-order valence-corrected chi connectivity index (χ2v) is 11.1. The summed E-state index contributed by atoms with van der Waals surface area (Å²) in [6, 6.07) is 51.9. The van der Waals surface area contributed by atoms with Crippen LogP contribution in [0.2, 0.25) is 0 Å². The molecule has 0 saturated heterocycles. The first-order valence-electron chi connectivity index (χ1n) is 14.8. The van der Waals surface area contributed by atoms with Gasteiger partial charge in [0.2, 0.25) is 0 Å². The first kappa shape index (κ1) is 24.6. The lowest BCUT2D eigenvalue weighted by molar-refractivity contribution is 1.15. The van der Waals surface area contributed by atoms with Gasteiger partial charge in [0.15, 0.2) is 5.82 Å². The van der Waals surface area contributed by atoms with Gasteiger partial charge in [0.05, 0.1) is 22.1 Å². The average molecular weight is 563 g/mol. The molecule has 0 radical (unpaired) electrons. The highest BCUT2D eigenvalue weighted by Gasteiger charge is 2.17. The van der Waals surface area contributed by atoms with Gasteiger partial charge in [-0.1, -0.05) is 84.9 Å². The van der Waals surface area contributed by atoms with E-state index in [0.717, 1.165) is 39.1 Å². The molecular formula is C40H26N4. The van der Waals surface area contributed by atoms with E-state index in [1.807, 2.05) is 6.07 Å². The highest BCUT2D eigenvalue weighted by molar-refractivity contribution is 6.12. The van der Waals surface area contributed by atoms with Gasteiger partial charge in [-0.2, -0.15) is 0 Å². The van der Waals surface area contributed by atoms with Crippen molar-refractivity contribution in [2.24, 2.45) is 0 Å². The average Bonchev–Trinajstić information content (AvgIpc) is 3.61. The van der Waals surface area contributed by atoms with Crippen molar-refractivity contribution in [3.8, 4) is 33.9 Å². The van der Waals surface area contributed by atoms with Crippen molar-refractivity contribution < 1.29 is 0 Å². The van der Waals surface area contributed by atoms with Crippen LogP contribution in [-0.2, 0) is 0 Å². The smallest absolute Gasteiger partial charge is 0.159 e. The molecule has 9 rings (SSSR count). The third-order valence-electron chi connectivity index (χ3n) is 8.60. The number of hydrogen-bond donors (Lipinski definition) is 0. The van der Waals surface area contributed by atoms with Crippen LogP contribution in [0.1, 0.15) is 0 Å². The summed E-state index contributed by atoms with van der Waals surface area (Å²) in [6.45, 7) is 0. The van der Waals surface area contributed by atoms with Gasteiger partial charge in [0, 0.05) is 50.9 Å². The predicted molar refractivity (Wildman–Crippen MR) is 182 cm³/mol. The molecule has 0 fully saturated rings. The first-order chi connectivity index (χ1) is 21.8. The fourth-order valence-corrected chi connectivity index (χ4v) is 6.69.